The Bertz CT molecular complexity index is 1310. The Labute approximate surface area is 181 Å². The normalized spacial score (nSPS) is 11.0. The first kappa shape index (κ1) is 20.1. The average molecular weight is 442 g/mol. The smallest absolute Gasteiger partial charge is 0.277 e. The summed E-state index contributed by atoms with van der Waals surface area (Å²) in [6.45, 7) is 2.51. The van der Waals surface area contributed by atoms with Crippen molar-refractivity contribution in [1.82, 2.24) is 19.6 Å². The van der Waals surface area contributed by atoms with E-state index in [9.17, 15) is 9.59 Å². The molecular formula is C21H17Cl2N5O2. The van der Waals surface area contributed by atoms with Gasteiger partial charge in [0.1, 0.15) is 5.82 Å². The second kappa shape index (κ2) is 8.30. The predicted octanol–water partition coefficient (Wildman–Crippen LogP) is 4.22. The lowest BCUT2D eigenvalue weighted by molar-refractivity contribution is 0.102. The molecule has 0 saturated carbocycles. The minimum Gasteiger partial charge on any atom is -0.305 e. The minimum absolute atomic E-state index is 0.171. The molecule has 1 amide bonds. The van der Waals surface area contributed by atoms with Crippen molar-refractivity contribution in [2.45, 2.75) is 20.0 Å². The molecule has 4 aromatic rings. The van der Waals surface area contributed by atoms with E-state index in [4.69, 9.17) is 23.2 Å². The Hall–Kier alpha value is -3.16. The van der Waals surface area contributed by atoms with E-state index in [1.54, 1.807) is 60.3 Å². The van der Waals surface area contributed by atoms with Gasteiger partial charge in [0, 0.05) is 28.0 Å². The van der Waals surface area contributed by atoms with Gasteiger partial charge in [-0.25, -0.2) is 9.36 Å². The van der Waals surface area contributed by atoms with Crippen molar-refractivity contribution in [2.75, 3.05) is 5.32 Å². The van der Waals surface area contributed by atoms with Crippen LogP contribution in [0.25, 0.3) is 10.8 Å². The predicted molar refractivity (Wildman–Crippen MR) is 117 cm³/mol. The summed E-state index contributed by atoms with van der Waals surface area (Å²) in [5, 5.41) is 13.4. The van der Waals surface area contributed by atoms with Crippen LogP contribution in [0, 0.1) is 0 Å². The summed E-state index contributed by atoms with van der Waals surface area (Å²) in [7, 11) is 0. The molecule has 2 aromatic heterocycles. The molecule has 0 saturated heterocycles. The number of halogens is 2. The molecule has 2 heterocycles. The second-order valence-corrected chi connectivity index (χ2v) is 7.42. The molecule has 152 valence electrons. The van der Waals surface area contributed by atoms with Gasteiger partial charge in [-0.2, -0.15) is 10.2 Å². The van der Waals surface area contributed by atoms with Crippen LogP contribution in [0.1, 0.15) is 23.0 Å². The largest absolute Gasteiger partial charge is 0.305 e. The van der Waals surface area contributed by atoms with Gasteiger partial charge in [-0.05, 0) is 30.7 Å². The van der Waals surface area contributed by atoms with Crippen molar-refractivity contribution in [1.29, 1.82) is 0 Å². The number of benzene rings is 2. The molecule has 0 aliphatic carbocycles. The third kappa shape index (κ3) is 3.81. The molecule has 9 heteroatoms. The molecule has 30 heavy (non-hydrogen) atoms. The van der Waals surface area contributed by atoms with Crippen molar-refractivity contribution in [2.24, 2.45) is 0 Å². The lowest BCUT2D eigenvalue weighted by Crippen LogP contribution is -2.27. The third-order valence-corrected chi connectivity index (χ3v) is 5.26. The average Bonchev–Trinajstić information content (AvgIpc) is 3.17. The topological polar surface area (TPSA) is 81.8 Å². The maximum Gasteiger partial charge on any atom is 0.277 e. The second-order valence-electron chi connectivity index (χ2n) is 6.58. The Balaban J connectivity index is 1.67. The first-order valence-electron chi connectivity index (χ1n) is 9.25. The Morgan fingerprint density at radius 3 is 2.57 bits per heavy atom. The first-order valence-corrected chi connectivity index (χ1v) is 10.0. The molecule has 2 aromatic carbocycles. The Morgan fingerprint density at radius 1 is 1.07 bits per heavy atom. The molecule has 0 unspecified atom stereocenters. The summed E-state index contributed by atoms with van der Waals surface area (Å²) in [6, 6.07) is 13.8. The fraction of sp³-hybridized carbons (Fsp3) is 0.143. The Kier molecular flexibility index (Phi) is 5.57. The van der Waals surface area contributed by atoms with E-state index < -0.39 is 5.91 Å². The molecule has 1 N–H and O–H groups in total. The van der Waals surface area contributed by atoms with Crippen LogP contribution in [0.15, 0.2) is 59.5 Å². The van der Waals surface area contributed by atoms with Gasteiger partial charge in [0.2, 0.25) is 0 Å². The molecule has 0 aliphatic rings. The zero-order valence-corrected chi connectivity index (χ0v) is 17.5. The van der Waals surface area contributed by atoms with E-state index in [2.05, 4.69) is 15.5 Å². The minimum atomic E-state index is -0.433. The van der Waals surface area contributed by atoms with Crippen molar-refractivity contribution in [3.63, 3.8) is 0 Å². The summed E-state index contributed by atoms with van der Waals surface area (Å²) in [4.78, 5) is 25.5. The molecule has 0 fully saturated rings. The highest BCUT2D eigenvalue weighted by molar-refractivity contribution is 6.35. The van der Waals surface area contributed by atoms with Gasteiger partial charge >= 0.3 is 0 Å². The van der Waals surface area contributed by atoms with Crippen LogP contribution in [-0.4, -0.2) is 25.5 Å². The van der Waals surface area contributed by atoms with Crippen LogP contribution >= 0.6 is 23.2 Å². The van der Waals surface area contributed by atoms with E-state index in [-0.39, 0.29) is 11.3 Å². The van der Waals surface area contributed by atoms with E-state index in [1.807, 2.05) is 6.07 Å². The summed E-state index contributed by atoms with van der Waals surface area (Å²) < 4.78 is 2.90. The van der Waals surface area contributed by atoms with Crippen molar-refractivity contribution < 1.29 is 4.79 Å². The number of nitrogens with zero attached hydrogens (tertiary/aromatic N) is 4. The van der Waals surface area contributed by atoms with Gasteiger partial charge in [-0.1, -0.05) is 47.5 Å². The first-order chi connectivity index (χ1) is 14.5. The van der Waals surface area contributed by atoms with Crippen LogP contribution in [0.2, 0.25) is 10.0 Å². The highest BCUT2D eigenvalue weighted by atomic mass is 35.5. The van der Waals surface area contributed by atoms with E-state index >= 15 is 0 Å². The van der Waals surface area contributed by atoms with Crippen LogP contribution in [-0.2, 0) is 13.1 Å². The summed E-state index contributed by atoms with van der Waals surface area (Å²) in [5.74, 6) is 0.0449. The fourth-order valence-electron chi connectivity index (χ4n) is 3.17. The molecule has 0 atom stereocenters. The van der Waals surface area contributed by atoms with E-state index in [0.717, 1.165) is 5.56 Å². The zero-order valence-electron chi connectivity index (χ0n) is 16.0. The summed E-state index contributed by atoms with van der Waals surface area (Å²) in [6.07, 6.45) is 1.58. The van der Waals surface area contributed by atoms with Gasteiger partial charge < -0.3 is 5.32 Å². The highest BCUT2D eigenvalue weighted by Crippen LogP contribution is 2.23. The monoisotopic (exact) mass is 441 g/mol. The number of hydrogen-bond acceptors (Lipinski definition) is 4. The number of hydrogen-bond donors (Lipinski definition) is 1. The maximum atomic E-state index is 13.0. The van der Waals surface area contributed by atoms with Gasteiger partial charge in [0.15, 0.2) is 5.69 Å². The summed E-state index contributed by atoms with van der Waals surface area (Å²) >= 11 is 12.2. The van der Waals surface area contributed by atoms with Gasteiger partial charge in [0.05, 0.1) is 18.1 Å². The van der Waals surface area contributed by atoms with Crippen LogP contribution in [0.3, 0.4) is 0 Å². The molecule has 7 nitrogen and oxygen atoms in total. The van der Waals surface area contributed by atoms with Crippen LogP contribution in [0.4, 0.5) is 5.82 Å². The van der Waals surface area contributed by atoms with Crippen molar-refractivity contribution >= 4 is 45.7 Å². The number of anilines is 1. The highest BCUT2D eigenvalue weighted by Gasteiger charge is 2.18. The maximum absolute atomic E-state index is 13.0. The lowest BCUT2D eigenvalue weighted by Gasteiger charge is -2.12. The standard InChI is InChI=1S/C21H17Cl2N5O2/c1-2-27-21(30)16-6-4-3-5-15(16)19(26-27)20(29)25-18-9-10-24-28(18)12-13-7-8-14(22)11-17(13)23/h3-11H,2,12H2,1H3,(H,25,29). The lowest BCUT2D eigenvalue weighted by atomic mass is 10.1. The van der Waals surface area contributed by atoms with Crippen molar-refractivity contribution in [3.05, 3.63) is 86.4 Å². The van der Waals surface area contributed by atoms with Gasteiger partial charge in [0.25, 0.3) is 11.5 Å². The van der Waals surface area contributed by atoms with Crippen molar-refractivity contribution in [3.8, 4) is 0 Å². The molecule has 0 bridgehead atoms. The number of fused-ring (bicyclic) bond motifs is 1. The molecule has 0 aliphatic heterocycles. The number of aryl methyl sites for hydroxylation is 1. The van der Waals surface area contributed by atoms with Gasteiger partial charge in [-0.15, -0.1) is 0 Å². The summed E-state index contributed by atoms with van der Waals surface area (Å²) in [5.41, 5.74) is 0.750. The molecule has 0 radical (unpaired) electrons. The fourth-order valence-corrected chi connectivity index (χ4v) is 3.64. The van der Waals surface area contributed by atoms with E-state index in [0.29, 0.717) is 39.7 Å². The third-order valence-electron chi connectivity index (χ3n) is 4.68. The quantitative estimate of drug-likeness (QED) is 0.502. The number of carbonyl (C=O) groups is 1. The van der Waals surface area contributed by atoms with E-state index in [1.165, 1.54) is 4.68 Å². The Morgan fingerprint density at radius 2 is 1.83 bits per heavy atom. The number of nitrogens with one attached hydrogen (secondary N) is 1. The van der Waals surface area contributed by atoms with Crippen LogP contribution < -0.4 is 10.9 Å². The molecular weight excluding hydrogens is 425 g/mol. The van der Waals surface area contributed by atoms with Gasteiger partial charge in [-0.3, -0.25) is 9.59 Å². The SMILES string of the molecule is CCn1nc(C(=O)Nc2ccnn2Cc2ccc(Cl)cc2Cl)c2ccccc2c1=O. The number of carbonyl (C=O) groups excluding carboxylic acids is 1. The number of rotatable bonds is 5. The molecule has 4 rings (SSSR count). The van der Waals surface area contributed by atoms with Crippen LogP contribution in [0.5, 0.6) is 0 Å². The number of aromatic nitrogens is 4. The zero-order chi connectivity index (χ0) is 21.3. The molecule has 0 spiro atoms. The number of amides is 1.